The number of carbonyl (C=O) groups is 2. The first-order chi connectivity index (χ1) is 11.1. The lowest BCUT2D eigenvalue weighted by molar-refractivity contribution is -0.115. The number of hydrogen-bond donors (Lipinski definition) is 2. The molecule has 2 amide bonds. The van der Waals surface area contributed by atoms with E-state index in [0.29, 0.717) is 24.1 Å². The molecule has 1 aliphatic heterocycles. The molecule has 0 radical (unpaired) electrons. The van der Waals surface area contributed by atoms with Gasteiger partial charge in [-0.25, -0.2) is 0 Å². The molecule has 0 aliphatic carbocycles. The Labute approximate surface area is 138 Å². The van der Waals surface area contributed by atoms with Crippen molar-refractivity contribution in [3.63, 3.8) is 0 Å². The van der Waals surface area contributed by atoms with Crippen LogP contribution in [0.5, 0.6) is 0 Å². The van der Waals surface area contributed by atoms with Crippen molar-refractivity contribution < 1.29 is 14.0 Å². The van der Waals surface area contributed by atoms with Crippen molar-refractivity contribution in [3.8, 4) is 0 Å². The summed E-state index contributed by atoms with van der Waals surface area (Å²) in [7, 11) is 0. The molecule has 2 heterocycles. The topological polar surface area (TPSA) is 71.3 Å². The Hall–Kier alpha value is -2.21. The number of fused-ring (bicyclic) bond motifs is 1. The molecule has 0 bridgehead atoms. The first kappa shape index (κ1) is 15.7. The van der Waals surface area contributed by atoms with Gasteiger partial charge in [-0.2, -0.15) is 0 Å². The van der Waals surface area contributed by atoms with Crippen molar-refractivity contribution in [2.75, 3.05) is 11.1 Å². The molecule has 23 heavy (non-hydrogen) atoms. The fourth-order valence-electron chi connectivity index (χ4n) is 2.45. The standard InChI is InChI=1S/C17H18N2O3S/c1-11(9-13-3-2-7-22-13)18-17(21)12-4-5-15-14(10-12)19-16(20)6-8-23-15/h2-5,7,10-11H,6,8-9H2,1H3,(H,18,21)(H,19,20)/t11-/m0/s1. The maximum atomic E-state index is 12.4. The highest BCUT2D eigenvalue weighted by Crippen LogP contribution is 2.31. The van der Waals surface area contributed by atoms with Crippen molar-refractivity contribution in [1.82, 2.24) is 5.32 Å². The minimum atomic E-state index is -0.157. The minimum Gasteiger partial charge on any atom is -0.469 e. The van der Waals surface area contributed by atoms with Gasteiger partial charge in [-0.15, -0.1) is 11.8 Å². The third-order valence-corrected chi connectivity index (χ3v) is 4.64. The summed E-state index contributed by atoms with van der Waals surface area (Å²) in [4.78, 5) is 25.0. The number of furan rings is 1. The van der Waals surface area contributed by atoms with E-state index in [1.807, 2.05) is 25.1 Å². The lowest BCUT2D eigenvalue weighted by Crippen LogP contribution is -2.34. The van der Waals surface area contributed by atoms with Crippen LogP contribution in [0.3, 0.4) is 0 Å². The number of benzene rings is 1. The molecular weight excluding hydrogens is 312 g/mol. The van der Waals surface area contributed by atoms with E-state index in [-0.39, 0.29) is 17.9 Å². The van der Waals surface area contributed by atoms with Gasteiger partial charge in [0.15, 0.2) is 0 Å². The van der Waals surface area contributed by atoms with Crippen LogP contribution in [0.15, 0.2) is 45.9 Å². The Morgan fingerprint density at radius 2 is 2.30 bits per heavy atom. The van der Waals surface area contributed by atoms with Crippen LogP contribution >= 0.6 is 11.8 Å². The number of rotatable bonds is 4. The van der Waals surface area contributed by atoms with Crippen molar-refractivity contribution in [3.05, 3.63) is 47.9 Å². The van der Waals surface area contributed by atoms with E-state index in [1.165, 1.54) is 0 Å². The van der Waals surface area contributed by atoms with Gasteiger partial charge in [-0.05, 0) is 37.3 Å². The molecular formula is C17H18N2O3S. The van der Waals surface area contributed by atoms with Crippen LogP contribution in [0, 0.1) is 0 Å². The number of thioether (sulfide) groups is 1. The van der Waals surface area contributed by atoms with Crippen LogP contribution < -0.4 is 10.6 Å². The molecule has 0 saturated carbocycles. The van der Waals surface area contributed by atoms with E-state index < -0.39 is 0 Å². The molecule has 5 nitrogen and oxygen atoms in total. The molecule has 120 valence electrons. The second-order valence-electron chi connectivity index (χ2n) is 5.52. The Bertz CT molecular complexity index is 713. The summed E-state index contributed by atoms with van der Waals surface area (Å²) in [6.07, 6.45) is 2.74. The van der Waals surface area contributed by atoms with Gasteiger partial charge in [0.05, 0.1) is 12.0 Å². The average Bonchev–Trinajstić information content (AvgIpc) is 2.93. The number of anilines is 1. The highest BCUT2D eigenvalue weighted by Gasteiger charge is 2.17. The van der Waals surface area contributed by atoms with Gasteiger partial charge in [0.25, 0.3) is 5.91 Å². The maximum Gasteiger partial charge on any atom is 0.251 e. The Balaban J connectivity index is 1.68. The van der Waals surface area contributed by atoms with Crippen LogP contribution in [-0.2, 0) is 11.2 Å². The monoisotopic (exact) mass is 330 g/mol. The van der Waals surface area contributed by atoms with Gasteiger partial charge < -0.3 is 15.1 Å². The summed E-state index contributed by atoms with van der Waals surface area (Å²) < 4.78 is 5.29. The second-order valence-corrected chi connectivity index (χ2v) is 6.65. The number of nitrogens with one attached hydrogen (secondary N) is 2. The summed E-state index contributed by atoms with van der Waals surface area (Å²) in [5.41, 5.74) is 1.25. The Kier molecular flexibility index (Phi) is 4.71. The van der Waals surface area contributed by atoms with Gasteiger partial charge in [0.1, 0.15) is 5.76 Å². The Morgan fingerprint density at radius 3 is 3.09 bits per heavy atom. The molecule has 0 unspecified atom stereocenters. The zero-order valence-corrected chi connectivity index (χ0v) is 13.6. The summed E-state index contributed by atoms with van der Waals surface area (Å²) in [6, 6.07) is 9.08. The maximum absolute atomic E-state index is 12.4. The highest BCUT2D eigenvalue weighted by molar-refractivity contribution is 7.99. The zero-order valence-electron chi connectivity index (χ0n) is 12.8. The molecule has 1 aromatic carbocycles. The normalized spacial score (nSPS) is 15.3. The van der Waals surface area contributed by atoms with Crippen LogP contribution in [0.1, 0.15) is 29.5 Å². The molecule has 0 fully saturated rings. The van der Waals surface area contributed by atoms with Gasteiger partial charge in [0.2, 0.25) is 5.91 Å². The fourth-order valence-corrected chi connectivity index (χ4v) is 3.39. The fraction of sp³-hybridized carbons (Fsp3) is 0.294. The minimum absolute atomic E-state index is 0.0139. The molecule has 3 rings (SSSR count). The molecule has 2 aromatic rings. The molecule has 1 aromatic heterocycles. The number of carbonyl (C=O) groups excluding carboxylic acids is 2. The van der Waals surface area contributed by atoms with E-state index in [0.717, 1.165) is 16.4 Å². The van der Waals surface area contributed by atoms with Gasteiger partial charge >= 0.3 is 0 Å². The predicted molar refractivity (Wildman–Crippen MR) is 89.8 cm³/mol. The molecule has 1 atom stereocenters. The van der Waals surface area contributed by atoms with Crippen LogP contribution in [-0.4, -0.2) is 23.6 Å². The van der Waals surface area contributed by atoms with Crippen LogP contribution in [0.2, 0.25) is 0 Å². The second kappa shape index (κ2) is 6.91. The lowest BCUT2D eigenvalue weighted by Gasteiger charge is -2.14. The summed E-state index contributed by atoms with van der Waals surface area (Å²) >= 11 is 1.62. The van der Waals surface area contributed by atoms with Crippen molar-refractivity contribution in [2.45, 2.75) is 30.7 Å². The van der Waals surface area contributed by atoms with E-state index >= 15 is 0 Å². The average molecular weight is 330 g/mol. The molecule has 2 N–H and O–H groups in total. The quantitative estimate of drug-likeness (QED) is 0.904. The number of hydrogen-bond acceptors (Lipinski definition) is 4. The smallest absolute Gasteiger partial charge is 0.251 e. The largest absolute Gasteiger partial charge is 0.469 e. The van der Waals surface area contributed by atoms with Gasteiger partial charge in [-0.1, -0.05) is 0 Å². The predicted octanol–water partition coefficient (Wildman–Crippen LogP) is 3.07. The van der Waals surface area contributed by atoms with E-state index in [2.05, 4.69) is 10.6 Å². The first-order valence-electron chi connectivity index (χ1n) is 7.52. The summed E-state index contributed by atoms with van der Waals surface area (Å²) in [6.45, 7) is 1.93. The lowest BCUT2D eigenvalue weighted by atomic mass is 10.1. The zero-order chi connectivity index (χ0) is 16.2. The molecule has 1 aliphatic rings. The van der Waals surface area contributed by atoms with Crippen LogP contribution in [0.4, 0.5) is 5.69 Å². The summed E-state index contributed by atoms with van der Waals surface area (Å²) in [5, 5.41) is 5.80. The number of amides is 2. The van der Waals surface area contributed by atoms with E-state index in [4.69, 9.17) is 4.42 Å². The highest BCUT2D eigenvalue weighted by atomic mass is 32.2. The van der Waals surface area contributed by atoms with Crippen molar-refractivity contribution >= 4 is 29.3 Å². The first-order valence-corrected chi connectivity index (χ1v) is 8.50. The third-order valence-electron chi connectivity index (χ3n) is 3.57. The van der Waals surface area contributed by atoms with Gasteiger partial charge in [-0.3, -0.25) is 9.59 Å². The molecule has 6 heteroatoms. The van der Waals surface area contributed by atoms with Gasteiger partial charge in [0, 0.05) is 35.1 Å². The van der Waals surface area contributed by atoms with Crippen molar-refractivity contribution in [2.24, 2.45) is 0 Å². The van der Waals surface area contributed by atoms with E-state index in [9.17, 15) is 9.59 Å². The molecule has 0 saturated heterocycles. The van der Waals surface area contributed by atoms with Crippen molar-refractivity contribution in [1.29, 1.82) is 0 Å². The Morgan fingerprint density at radius 1 is 1.43 bits per heavy atom. The molecule has 0 spiro atoms. The van der Waals surface area contributed by atoms with E-state index in [1.54, 1.807) is 30.2 Å². The third kappa shape index (κ3) is 3.96. The van der Waals surface area contributed by atoms with Crippen LogP contribution in [0.25, 0.3) is 0 Å². The summed E-state index contributed by atoms with van der Waals surface area (Å²) in [5.74, 6) is 1.42. The SMILES string of the molecule is C[C@@H](Cc1ccco1)NC(=O)c1ccc2c(c1)NC(=O)CCS2.